The minimum absolute atomic E-state index is 0.357. The van der Waals surface area contributed by atoms with Crippen LogP contribution in [0.15, 0.2) is 53.9 Å². The topological polar surface area (TPSA) is 48.8 Å². The van der Waals surface area contributed by atoms with Crippen LogP contribution in [0.1, 0.15) is 12.6 Å². The van der Waals surface area contributed by atoms with Crippen molar-refractivity contribution in [2.45, 2.75) is 13.5 Å². The molecule has 0 atom stereocenters. The molecule has 28 heavy (non-hydrogen) atoms. The Morgan fingerprint density at radius 3 is 2.50 bits per heavy atom. The lowest BCUT2D eigenvalue weighted by atomic mass is 10.2. The predicted octanol–water partition coefficient (Wildman–Crippen LogP) is 4.24. The Balaban J connectivity index is 1.34. The summed E-state index contributed by atoms with van der Waals surface area (Å²) in [6.45, 7) is 7.28. The van der Waals surface area contributed by atoms with E-state index in [-0.39, 0.29) is 0 Å². The highest BCUT2D eigenvalue weighted by atomic mass is 32.1. The maximum Gasteiger partial charge on any atom is 0.138 e. The molecule has 0 bridgehead atoms. The highest BCUT2D eigenvalue weighted by molar-refractivity contribution is 7.13. The van der Waals surface area contributed by atoms with E-state index in [4.69, 9.17) is 9.72 Å². The number of rotatable bonds is 6. The van der Waals surface area contributed by atoms with Crippen molar-refractivity contribution in [3.05, 3.63) is 59.6 Å². The Hall–Kier alpha value is -2.57. The Kier molecular flexibility index (Phi) is 5.78. The molecule has 1 fully saturated rings. The maximum absolute atomic E-state index is 10.1. The van der Waals surface area contributed by atoms with Crippen molar-refractivity contribution in [1.82, 2.24) is 9.88 Å². The number of anilines is 1. The number of aromatic nitrogens is 1. The van der Waals surface area contributed by atoms with Crippen LogP contribution in [0.3, 0.4) is 0 Å². The molecule has 6 heteroatoms. The summed E-state index contributed by atoms with van der Waals surface area (Å²) in [4.78, 5) is 9.50. The molecule has 1 saturated heterocycles. The van der Waals surface area contributed by atoms with E-state index in [9.17, 15) is 5.11 Å². The quantitative estimate of drug-likeness (QED) is 0.677. The summed E-state index contributed by atoms with van der Waals surface area (Å²) >= 11 is 1.69. The van der Waals surface area contributed by atoms with Crippen molar-refractivity contribution in [3.8, 4) is 22.1 Å². The summed E-state index contributed by atoms with van der Waals surface area (Å²) < 4.78 is 5.51. The van der Waals surface area contributed by atoms with Gasteiger partial charge in [-0.1, -0.05) is 12.1 Å². The van der Waals surface area contributed by atoms with Crippen LogP contribution in [0, 0.1) is 0 Å². The number of phenols is 1. The normalized spacial score (nSPS) is 15.0. The van der Waals surface area contributed by atoms with E-state index in [2.05, 4.69) is 27.3 Å². The maximum atomic E-state index is 10.1. The third kappa shape index (κ3) is 4.29. The Morgan fingerprint density at radius 2 is 1.79 bits per heavy atom. The smallest absolute Gasteiger partial charge is 0.138 e. The van der Waals surface area contributed by atoms with Gasteiger partial charge >= 0.3 is 0 Å². The second kappa shape index (κ2) is 8.63. The van der Waals surface area contributed by atoms with Gasteiger partial charge in [0, 0.05) is 43.7 Å². The molecule has 1 N–H and O–H groups in total. The zero-order chi connectivity index (χ0) is 19.3. The van der Waals surface area contributed by atoms with Gasteiger partial charge in [-0.3, -0.25) is 4.90 Å². The Bertz CT molecular complexity index is 902. The molecule has 5 nitrogen and oxygen atoms in total. The van der Waals surface area contributed by atoms with Crippen LogP contribution in [-0.4, -0.2) is 47.8 Å². The molecule has 1 aliphatic heterocycles. The van der Waals surface area contributed by atoms with Gasteiger partial charge in [0.15, 0.2) is 0 Å². The predicted molar refractivity (Wildman–Crippen MR) is 114 cm³/mol. The van der Waals surface area contributed by atoms with Crippen LogP contribution in [0.25, 0.3) is 10.6 Å². The van der Waals surface area contributed by atoms with Crippen molar-refractivity contribution in [2.24, 2.45) is 0 Å². The van der Waals surface area contributed by atoms with Crippen LogP contribution in [-0.2, 0) is 6.54 Å². The minimum Gasteiger partial charge on any atom is -0.506 e. The molecule has 4 rings (SSSR count). The SMILES string of the molecule is CCOc1ccc(-c2nc(CN3CCN(c4ccccc4O)CC3)cs2)cc1. The van der Waals surface area contributed by atoms with E-state index in [1.54, 1.807) is 17.4 Å². The molecule has 0 saturated carbocycles. The van der Waals surface area contributed by atoms with E-state index >= 15 is 0 Å². The molecule has 0 radical (unpaired) electrons. The number of piperazine rings is 1. The van der Waals surface area contributed by atoms with Gasteiger partial charge in [0.1, 0.15) is 16.5 Å². The molecule has 3 aromatic rings. The number of aromatic hydroxyl groups is 1. The molecule has 146 valence electrons. The highest BCUT2D eigenvalue weighted by Crippen LogP contribution is 2.28. The third-order valence-corrected chi connectivity index (χ3v) is 5.88. The fraction of sp³-hybridized carbons (Fsp3) is 0.318. The van der Waals surface area contributed by atoms with E-state index in [1.807, 2.05) is 37.3 Å². The van der Waals surface area contributed by atoms with Gasteiger partial charge in [0.25, 0.3) is 0 Å². The van der Waals surface area contributed by atoms with Gasteiger partial charge in [-0.05, 0) is 43.3 Å². The molecule has 1 aromatic heterocycles. The lowest BCUT2D eigenvalue weighted by Crippen LogP contribution is -2.46. The molecule has 2 aromatic carbocycles. The molecule has 2 heterocycles. The molecule has 1 aliphatic rings. The molecule has 0 amide bonds. The average molecular weight is 396 g/mol. The van der Waals surface area contributed by atoms with E-state index in [1.165, 1.54) is 0 Å². The van der Waals surface area contributed by atoms with Crippen LogP contribution in [0.5, 0.6) is 11.5 Å². The third-order valence-electron chi connectivity index (χ3n) is 4.94. The molecule has 0 aliphatic carbocycles. The Morgan fingerprint density at radius 1 is 1.04 bits per heavy atom. The first kappa shape index (κ1) is 18.8. The van der Waals surface area contributed by atoms with Gasteiger partial charge in [0.05, 0.1) is 18.0 Å². The Labute approximate surface area is 169 Å². The number of para-hydroxylation sites is 2. The number of nitrogens with zero attached hydrogens (tertiary/aromatic N) is 3. The summed E-state index contributed by atoms with van der Waals surface area (Å²) in [5.41, 5.74) is 3.17. The lowest BCUT2D eigenvalue weighted by molar-refractivity contribution is 0.247. The standard InChI is InChI=1S/C22H25N3O2S/c1-2-27-19-9-7-17(8-10-19)22-23-18(16-28-22)15-24-11-13-25(14-12-24)20-5-3-4-6-21(20)26/h3-10,16,26H,2,11-15H2,1H3. The first-order valence-electron chi connectivity index (χ1n) is 9.66. The minimum atomic E-state index is 0.357. The van der Waals surface area contributed by atoms with Gasteiger partial charge in [-0.15, -0.1) is 11.3 Å². The van der Waals surface area contributed by atoms with E-state index in [0.717, 1.165) is 60.4 Å². The highest BCUT2D eigenvalue weighted by Gasteiger charge is 2.20. The number of benzene rings is 2. The van der Waals surface area contributed by atoms with Gasteiger partial charge in [0.2, 0.25) is 0 Å². The number of hydrogen-bond donors (Lipinski definition) is 1. The summed E-state index contributed by atoms with van der Waals surface area (Å²) in [6.07, 6.45) is 0. The van der Waals surface area contributed by atoms with Gasteiger partial charge in [-0.2, -0.15) is 0 Å². The van der Waals surface area contributed by atoms with Gasteiger partial charge in [-0.25, -0.2) is 4.98 Å². The fourth-order valence-electron chi connectivity index (χ4n) is 3.48. The zero-order valence-electron chi connectivity index (χ0n) is 16.0. The molecule has 0 unspecified atom stereocenters. The second-order valence-electron chi connectivity index (χ2n) is 6.85. The number of hydrogen-bond acceptors (Lipinski definition) is 6. The lowest BCUT2D eigenvalue weighted by Gasteiger charge is -2.36. The van der Waals surface area contributed by atoms with Crippen molar-refractivity contribution in [3.63, 3.8) is 0 Å². The summed E-state index contributed by atoms with van der Waals surface area (Å²) in [5.74, 6) is 1.25. The van der Waals surface area contributed by atoms with Crippen molar-refractivity contribution < 1.29 is 9.84 Å². The molecular weight excluding hydrogens is 370 g/mol. The first-order valence-corrected chi connectivity index (χ1v) is 10.5. The summed E-state index contributed by atoms with van der Waals surface area (Å²) in [6, 6.07) is 15.7. The van der Waals surface area contributed by atoms with Crippen molar-refractivity contribution >= 4 is 17.0 Å². The van der Waals surface area contributed by atoms with E-state index < -0.39 is 0 Å². The largest absolute Gasteiger partial charge is 0.506 e. The average Bonchev–Trinajstić information content (AvgIpc) is 3.18. The monoisotopic (exact) mass is 395 g/mol. The van der Waals surface area contributed by atoms with Gasteiger partial charge < -0.3 is 14.7 Å². The number of ether oxygens (including phenoxy) is 1. The second-order valence-corrected chi connectivity index (χ2v) is 7.71. The summed E-state index contributed by atoms with van der Waals surface area (Å²) in [5, 5.41) is 13.3. The van der Waals surface area contributed by atoms with Crippen LogP contribution < -0.4 is 9.64 Å². The van der Waals surface area contributed by atoms with Crippen molar-refractivity contribution in [1.29, 1.82) is 0 Å². The molecular formula is C22H25N3O2S. The van der Waals surface area contributed by atoms with Crippen LogP contribution in [0.2, 0.25) is 0 Å². The first-order chi connectivity index (χ1) is 13.7. The van der Waals surface area contributed by atoms with Crippen molar-refractivity contribution in [2.75, 3.05) is 37.7 Å². The zero-order valence-corrected chi connectivity index (χ0v) is 16.9. The van der Waals surface area contributed by atoms with Crippen LogP contribution >= 0.6 is 11.3 Å². The summed E-state index contributed by atoms with van der Waals surface area (Å²) in [7, 11) is 0. The number of thiazole rings is 1. The van der Waals surface area contributed by atoms with Crippen LogP contribution in [0.4, 0.5) is 5.69 Å². The van der Waals surface area contributed by atoms with E-state index in [0.29, 0.717) is 12.4 Å². The fourth-order valence-corrected chi connectivity index (χ4v) is 4.30. The number of phenolic OH excluding ortho intramolecular Hbond substituents is 1. The molecule has 0 spiro atoms.